The van der Waals surface area contributed by atoms with Crippen LogP contribution in [0.4, 0.5) is 5.69 Å². The Bertz CT molecular complexity index is 444. The molecule has 2 heterocycles. The summed E-state index contributed by atoms with van der Waals surface area (Å²) in [7, 11) is 0. The normalized spacial score (nSPS) is 19.6. The van der Waals surface area contributed by atoms with Crippen LogP contribution in [0.3, 0.4) is 0 Å². The Labute approximate surface area is 120 Å². The lowest BCUT2D eigenvalue weighted by Crippen LogP contribution is -2.41. The molecule has 0 radical (unpaired) electrons. The van der Waals surface area contributed by atoms with Gasteiger partial charge in [-0.1, -0.05) is 12.5 Å². The van der Waals surface area contributed by atoms with Crippen LogP contribution in [0.2, 0.25) is 0 Å². The van der Waals surface area contributed by atoms with Gasteiger partial charge in [-0.2, -0.15) is 0 Å². The Kier molecular flexibility index (Phi) is 4.43. The van der Waals surface area contributed by atoms with Crippen LogP contribution < -0.4 is 9.64 Å². The van der Waals surface area contributed by atoms with E-state index in [2.05, 4.69) is 15.9 Å². The molecular weight excluding hydrogens is 252 g/mol. The number of piperidine rings is 1. The van der Waals surface area contributed by atoms with E-state index >= 15 is 0 Å². The average molecular weight is 276 g/mol. The fourth-order valence-corrected chi connectivity index (χ4v) is 3.10. The van der Waals surface area contributed by atoms with Crippen molar-refractivity contribution in [2.24, 2.45) is 0 Å². The number of benzene rings is 1. The van der Waals surface area contributed by atoms with Crippen molar-refractivity contribution >= 4 is 5.69 Å². The maximum absolute atomic E-state index is 9.20. The molecule has 4 nitrogen and oxygen atoms in total. The standard InChI is InChI=1S/C16H24N2O2/c19-13-14-4-5-15-16(12-14)20-11-10-18(15)9-8-17-6-2-1-3-7-17/h4-5,12,19H,1-3,6-11,13H2. The first-order valence-electron chi connectivity index (χ1n) is 7.71. The van der Waals surface area contributed by atoms with E-state index in [1.807, 2.05) is 12.1 Å². The molecule has 1 N–H and O–H groups in total. The molecule has 2 aliphatic rings. The third-order valence-corrected chi connectivity index (χ3v) is 4.30. The molecule has 4 heteroatoms. The molecule has 2 aliphatic heterocycles. The maximum Gasteiger partial charge on any atom is 0.143 e. The smallest absolute Gasteiger partial charge is 0.143 e. The number of aliphatic hydroxyl groups is 1. The van der Waals surface area contributed by atoms with Crippen LogP contribution in [0, 0.1) is 0 Å². The summed E-state index contributed by atoms with van der Waals surface area (Å²) in [6.45, 7) is 6.48. The first kappa shape index (κ1) is 13.7. The van der Waals surface area contributed by atoms with Gasteiger partial charge in [0.15, 0.2) is 0 Å². The minimum absolute atomic E-state index is 0.0738. The van der Waals surface area contributed by atoms with Gasteiger partial charge in [-0.3, -0.25) is 0 Å². The molecule has 0 bridgehead atoms. The van der Waals surface area contributed by atoms with Crippen molar-refractivity contribution in [3.05, 3.63) is 23.8 Å². The Hall–Kier alpha value is -1.26. The molecule has 1 aromatic rings. The molecule has 0 amide bonds. The first-order valence-corrected chi connectivity index (χ1v) is 7.71. The van der Waals surface area contributed by atoms with Gasteiger partial charge in [0.25, 0.3) is 0 Å². The topological polar surface area (TPSA) is 35.9 Å². The fraction of sp³-hybridized carbons (Fsp3) is 0.625. The number of rotatable bonds is 4. The Morgan fingerprint density at radius 1 is 1.05 bits per heavy atom. The molecule has 20 heavy (non-hydrogen) atoms. The van der Waals surface area contributed by atoms with Crippen LogP contribution in [0.25, 0.3) is 0 Å². The van der Waals surface area contributed by atoms with Crippen LogP contribution >= 0.6 is 0 Å². The van der Waals surface area contributed by atoms with Gasteiger partial charge in [0.05, 0.1) is 18.8 Å². The molecule has 0 spiro atoms. The number of hydrogen-bond donors (Lipinski definition) is 1. The molecule has 0 aromatic heterocycles. The Morgan fingerprint density at radius 2 is 1.90 bits per heavy atom. The van der Waals surface area contributed by atoms with Gasteiger partial charge in [0.1, 0.15) is 12.4 Å². The number of ether oxygens (including phenoxy) is 1. The Morgan fingerprint density at radius 3 is 2.70 bits per heavy atom. The Balaban J connectivity index is 1.63. The van der Waals surface area contributed by atoms with Crippen LogP contribution in [-0.2, 0) is 6.61 Å². The second-order valence-corrected chi connectivity index (χ2v) is 5.70. The lowest BCUT2D eigenvalue weighted by Gasteiger charge is -2.34. The molecule has 0 atom stereocenters. The van der Waals surface area contributed by atoms with E-state index in [9.17, 15) is 5.11 Å². The van der Waals surface area contributed by atoms with Crippen molar-refractivity contribution in [3.8, 4) is 5.75 Å². The summed E-state index contributed by atoms with van der Waals surface area (Å²) in [6.07, 6.45) is 4.08. The summed E-state index contributed by atoms with van der Waals surface area (Å²) in [5.74, 6) is 0.918. The van der Waals surface area contributed by atoms with Gasteiger partial charge in [-0.15, -0.1) is 0 Å². The van der Waals surface area contributed by atoms with Gasteiger partial charge >= 0.3 is 0 Å². The van der Waals surface area contributed by atoms with Crippen molar-refractivity contribution in [3.63, 3.8) is 0 Å². The highest BCUT2D eigenvalue weighted by Crippen LogP contribution is 2.32. The summed E-state index contributed by atoms with van der Waals surface area (Å²) in [4.78, 5) is 4.98. The summed E-state index contributed by atoms with van der Waals surface area (Å²) in [5, 5.41) is 9.20. The van der Waals surface area contributed by atoms with Gasteiger partial charge in [0.2, 0.25) is 0 Å². The number of fused-ring (bicyclic) bond motifs is 1. The van der Waals surface area contributed by atoms with Crippen molar-refractivity contribution in [2.45, 2.75) is 25.9 Å². The van der Waals surface area contributed by atoms with Crippen molar-refractivity contribution in [2.75, 3.05) is 44.2 Å². The average Bonchev–Trinajstić information content (AvgIpc) is 2.53. The van der Waals surface area contributed by atoms with E-state index in [-0.39, 0.29) is 6.61 Å². The molecule has 0 saturated carbocycles. The van der Waals surface area contributed by atoms with E-state index in [1.165, 1.54) is 38.0 Å². The summed E-state index contributed by atoms with van der Waals surface area (Å²) >= 11 is 0. The van der Waals surface area contributed by atoms with Crippen molar-refractivity contribution in [1.29, 1.82) is 0 Å². The summed E-state index contributed by atoms with van der Waals surface area (Å²) in [6, 6.07) is 6.03. The van der Waals surface area contributed by atoms with E-state index in [0.717, 1.165) is 37.6 Å². The summed E-state index contributed by atoms with van der Waals surface area (Å²) in [5.41, 5.74) is 2.09. The lowest BCUT2D eigenvalue weighted by atomic mass is 10.1. The maximum atomic E-state index is 9.20. The second kappa shape index (κ2) is 6.46. The van der Waals surface area contributed by atoms with Crippen molar-refractivity contribution < 1.29 is 9.84 Å². The third-order valence-electron chi connectivity index (χ3n) is 4.30. The lowest BCUT2D eigenvalue weighted by molar-refractivity contribution is 0.229. The van der Waals surface area contributed by atoms with E-state index in [4.69, 9.17) is 4.74 Å². The fourth-order valence-electron chi connectivity index (χ4n) is 3.10. The highest BCUT2D eigenvalue weighted by atomic mass is 16.5. The zero-order valence-corrected chi connectivity index (χ0v) is 12.1. The minimum Gasteiger partial charge on any atom is -0.490 e. The predicted octanol–water partition coefficient (Wildman–Crippen LogP) is 1.86. The zero-order chi connectivity index (χ0) is 13.8. The number of aliphatic hydroxyl groups excluding tert-OH is 1. The molecule has 0 aliphatic carbocycles. The second-order valence-electron chi connectivity index (χ2n) is 5.70. The molecule has 3 rings (SSSR count). The number of hydrogen-bond acceptors (Lipinski definition) is 4. The highest BCUT2D eigenvalue weighted by molar-refractivity contribution is 5.61. The van der Waals surface area contributed by atoms with Crippen LogP contribution in [-0.4, -0.2) is 49.3 Å². The molecule has 1 saturated heterocycles. The number of likely N-dealkylation sites (tertiary alicyclic amines) is 1. The SMILES string of the molecule is OCc1ccc2c(c1)OCCN2CCN1CCCCC1. The zero-order valence-electron chi connectivity index (χ0n) is 12.1. The van der Waals surface area contributed by atoms with E-state index in [0.29, 0.717) is 0 Å². The van der Waals surface area contributed by atoms with Gasteiger partial charge < -0.3 is 19.6 Å². The highest BCUT2D eigenvalue weighted by Gasteiger charge is 2.19. The largest absolute Gasteiger partial charge is 0.490 e. The quantitative estimate of drug-likeness (QED) is 0.910. The van der Waals surface area contributed by atoms with Gasteiger partial charge in [-0.05, 0) is 43.6 Å². The van der Waals surface area contributed by atoms with Gasteiger partial charge in [0, 0.05) is 13.1 Å². The van der Waals surface area contributed by atoms with Crippen LogP contribution in [0.5, 0.6) is 5.75 Å². The predicted molar refractivity (Wildman–Crippen MR) is 80.4 cm³/mol. The number of anilines is 1. The molecule has 0 unspecified atom stereocenters. The monoisotopic (exact) mass is 276 g/mol. The third kappa shape index (κ3) is 3.07. The first-order chi connectivity index (χ1) is 9.86. The molecule has 110 valence electrons. The molecule has 1 aromatic carbocycles. The summed E-state index contributed by atoms with van der Waals surface area (Å²) < 4.78 is 5.72. The van der Waals surface area contributed by atoms with E-state index in [1.54, 1.807) is 0 Å². The minimum atomic E-state index is 0.0738. The molecular formula is C16H24N2O2. The van der Waals surface area contributed by atoms with Crippen molar-refractivity contribution in [1.82, 2.24) is 4.90 Å². The molecule has 1 fully saturated rings. The van der Waals surface area contributed by atoms with Gasteiger partial charge in [-0.25, -0.2) is 0 Å². The van der Waals surface area contributed by atoms with Crippen LogP contribution in [0.1, 0.15) is 24.8 Å². The van der Waals surface area contributed by atoms with E-state index < -0.39 is 0 Å². The number of nitrogens with zero attached hydrogens (tertiary/aromatic N) is 2. The van der Waals surface area contributed by atoms with Crippen LogP contribution in [0.15, 0.2) is 18.2 Å².